The van der Waals surface area contributed by atoms with Gasteiger partial charge in [-0.3, -0.25) is 19.7 Å². The molecule has 0 fully saturated rings. The van der Waals surface area contributed by atoms with E-state index in [1.165, 1.54) is 12.3 Å². The summed E-state index contributed by atoms with van der Waals surface area (Å²) in [6.45, 7) is 0.547. The van der Waals surface area contributed by atoms with Crippen LogP contribution in [-0.4, -0.2) is 29.5 Å². The SMILES string of the molecule is O=C(CCCCCNC(=O)c1ccccc1)NN=Cc1ccccc1[N+](=O)[O-]. The molecule has 2 aromatic rings. The van der Waals surface area contributed by atoms with E-state index in [4.69, 9.17) is 0 Å². The molecule has 0 bridgehead atoms. The average molecular weight is 382 g/mol. The van der Waals surface area contributed by atoms with E-state index >= 15 is 0 Å². The fourth-order valence-corrected chi connectivity index (χ4v) is 2.47. The molecule has 2 N–H and O–H groups in total. The first-order chi connectivity index (χ1) is 13.6. The summed E-state index contributed by atoms with van der Waals surface area (Å²) in [6.07, 6.45) is 3.77. The summed E-state index contributed by atoms with van der Waals surface area (Å²) >= 11 is 0. The maximum atomic E-state index is 11.9. The number of hydrogen-bond donors (Lipinski definition) is 2. The molecule has 0 atom stereocenters. The quantitative estimate of drug-likeness (QED) is 0.284. The number of carbonyl (C=O) groups is 2. The van der Waals surface area contributed by atoms with Crippen molar-refractivity contribution in [2.45, 2.75) is 25.7 Å². The van der Waals surface area contributed by atoms with E-state index in [2.05, 4.69) is 15.8 Å². The number of nitrogens with zero attached hydrogens (tertiary/aromatic N) is 2. The number of carbonyl (C=O) groups excluding carboxylic acids is 2. The number of rotatable bonds is 10. The number of amides is 2. The van der Waals surface area contributed by atoms with Crippen molar-refractivity contribution >= 4 is 23.7 Å². The molecule has 0 radical (unpaired) electrons. The summed E-state index contributed by atoms with van der Waals surface area (Å²) in [5.41, 5.74) is 3.24. The molecule has 0 saturated carbocycles. The van der Waals surface area contributed by atoms with Gasteiger partial charge in [0.1, 0.15) is 0 Å². The third kappa shape index (κ3) is 6.99. The molecule has 28 heavy (non-hydrogen) atoms. The van der Waals surface area contributed by atoms with Gasteiger partial charge < -0.3 is 5.32 Å². The van der Waals surface area contributed by atoms with E-state index in [1.54, 1.807) is 30.3 Å². The van der Waals surface area contributed by atoms with E-state index in [1.807, 2.05) is 18.2 Å². The highest BCUT2D eigenvalue weighted by Crippen LogP contribution is 2.15. The Morgan fingerprint density at radius 3 is 2.46 bits per heavy atom. The molecule has 0 spiro atoms. The van der Waals surface area contributed by atoms with Crippen LogP contribution in [0.25, 0.3) is 0 Å². The van der Waals surface area contributed by atoms with Gasteiger partial charge in [-0.1, -0.05) is 36.8 Å². The molecular formula is C20H22N4O4. The lowest BCUT2D eigenvalue weighted by Crippen LogP contribution is -2.24. The van der Waals surface area contributed by atoms with Crippen molar-refractivity contribution < 1.29 is 14.5 Å². The van der Waals surface area contributed by atoms with Crippen LogP contribution in [0.15, 0.2) is 59.7 Å². The fourth-order valence-electron chi connectivity index (χ4n) is 2.47. The second-order valence-electron chi connectivity index (χ2n) is 6.04. The van der Waals surface area contributed by atoms with Gasteiger partial charge in [0.05, 0.1) is 16.7 Å². The molecule has 0 aliphatic carbocycles. The maximum Gasteiger partial charge on any atom is 0.278 e. The minimum atomic E-state index is -0.500. The summed E-state index contributed by atoms with van der Waals surface area (Å²) < 4.78 is 0. The van der Waals surface area contributed by atoms with E-state index in [0.29, 0.717) is 30.5 Å². The molecule has 0 saturated heterocycles. The summed E-state index contributed by atoms with van der Waals surface area (Å²) in [6, 6.07) is 15.1. The lowest BCUT2D eigenvalue weighted by Gasteiger charge is -2.05. The molecule has 8 nitrogen and oxygen atoms in total. The first-order valence-electron chi connectivity index (χ1n) is 8.96. The Kier molecular flexibility index (Phi) is 8.32. The molecule has 0 aliphatic rings. The molecule has 2 rings (SSSR count). The van der Waals surface area contributed by atoms with Gasteiger partial charge >= 0.3 is 0 Å². The van der Waals surface area contributed by atoms with Crippen molar-refractivity contribution in [3.8, 4) is 0 Å². The van der Waals surface area contributed by atoms with Gasteiger partial charge in [-0.05, 0) is 31.0 Å². The predicted molar refractivity (Wildman–Crippen MR) is 106 cm³/mol. The van der Waals surface area contributed by atoms with Crippen LogP contribution in [0, 0.1) is 10.1 Å². The third-order valence-electron chi connectivity index (χ3n) is 3.93. The standard InChI is InChI=1S/C20H22N4O4/c25-19(23-22-15-17-11-6-7-12-18(17)24(27)28)13-5-2-8-14-21-20(26)16-9-3-1-4-10-16/h1,3-4,6-7,9-12,15H,2,5,8,13-14H2,(H,21,26)(H,23,25). The van der Waals surface area contributed by atoms with Gasteiger partial charge in [0.15, 0.2) is 0 Å². The van der Waals surface area contributed by atoms with E-state index in [9.17, 15) is 19.7 Å². The largest absolute Gasteiger partial charge is 0.352 e. The number of nitro benzene ring substituents is 1. The van der Waals surface area contributed by atoms with Crippen LogP contribution >= 0.6 is 0 Å². The molecular weight excluding hydrogens is 360 g/mol. The van der Waals surface area contributed by atoms with Crippen LogP contribution in [-0.2, 0) is 4.79 Å². The number of nitro groups is 1. The van der Waals surface area contributed by atoms with Crippen LogP contribution in [0.2, 0.25) is 0 Å². The van der Waals surface area contributed by atoms with Crippen LogP contribution in [0.1, 0.15) is 41.6 Å². The third-order valence-corrected chi connectivity index (χ3v) is 3.93. The van der Waals surface area contributed by atoms with Crippen molar-refractivity contribution in [1.82, 2.24) is 10.7 Å². The Morgan fingerprint density at radius 1 is 1.00 bits per heavy atom. The highest BCUT2D eigenvalue weighted by Gasteiger charge is 2.10. The minimum Gasteiger partial charge on any atom is -0.352 e. The topological polar surface area (TPSA) is 114 Å². The van der Waals surface area contributed by atoms with Gasteiger partial charge in [-0.15, -0.1) is 0 Å². The molecule has 0 unspecified atom stereocenters. The summed E-state index contributed by atoms with van der Waals surface area (Å²) in [7, 11) is 0. The Bertz CT molecular complexity index is 837. The zero-order valence-corrected chi connectivity index (χ0v) is 15.3. The van der Waals surface area contributed by atoms with Crippen molar-refractivity contribution in [3.05, 3.63) is 75.8 Å². The number of unbranched alkanes of at least 4 members (excludes halogenated alkanes) is 2. The monoisotopic (exact) mass is 382 g/mol. The fraction of sp³-hybridized carbons (Fsp3) is 0.250. The predicted octanol–water partition coefficient (Wildman–Crippen LogP) is 3.04. The Labute approximate surface area is 162 Å². The van der Waals surface area contributed by atoms with E-state index in [-0.39, 0.29) is 17.5 Å². The van der Waals surface area contributed by atoms with Crippen LogP contribution in [0.5, 0.6) is 0 Å². The van der Waals surface area contributed by atoms with Crippen LogP contribution in [0.3, 0.4) is 0 Å². The smallest absolute Gasteiger partial charge is 0.278 e. The van der Waals surface area contributed by atoms with Crippen molar-refractivity contribution in [3.63, 3.8) is 0 Å². The second-order valence-corrected chi connectivity index (χ2v) is 6.04. The molecule has 0 aromatic heterocycles. The number of para-hydroxylation sites is 1. The zero-order valence-electron chi connectivity index (χ0n) is 15.3. The normalized spacial score (nSPS) is 10.6. The minimum absolute atomic E-state index is 0.0713. The Balaban J connectivity index is 1.60. The van der Waals surface area contributed by atoms with Crippen molar-refractivity contribution in [2.75, 3.05) is 6.54 Å². The van der Waals surface area contributed by atoms with Gasteiger partial charge in [0, 0.05) is 24.6 Å². The summed E-state index contributed by atoms with van der Waals surface area (Å²) in [5, 5.41) is 17.5. The molecule has 2 aromatic carbocycles. The highest BCUT2D eigenvalue weighted by molar-refractivity contribution is 5.94. The Hall–Kier alpha value is -3.55. The first-order valence-corrected chi connectivity index (χ1v) is 8.96. The lowest BCUT2D eigenvalue weighted by molar-refractivity contribution is -0.385. The Morgan fingerprint density at radius 2 is 1.71 bits per heavy atom. The van der Waals surface area contributed by atoms with Gasteiger partial charge in [-0.2, -0.15) is 5.10 Å². The average Bonchev–Trinajstić information content (AvgIpc) is 2.71. The number of hydrogen-bond acceptors (Lipinski definition) is 5. The van der Waals surface area contributed by atoms with Crippen molar-refractivity contribution in [2.24, 2.45) is 5.10 Å². The highest BCUT2D eigenvalue weighted by atomic mass is 16.6. The van der Waals surface area contributed by atoms with Crippen LogP contribution in [0.4, 0.5) is 5.69 Å². The van der Waals surface area contributed by atoms with Gasteiger partial charge in [-0.25, -0.2) is 5.43 Å². The molecule has 0 heterocycles. The first kappa shape index (κ1) is 20.8. The van der Waals surface area contributed by atoms with E-state index in [0.717, 1.165) is 12.8 Å². The number of hydrazone groups is 1. The van der Waals surface area contributed by atoms with E-state index < -0.39 is 4.92 Å². The van der Waals surface area contributed by atoms with Crippen molar-refractivity contribution in [1.29, 1.82) is 0 Å². The lowest BCUT2D eigenvalue weighted by atomic mass is 10.2. The molecule has 2 amide bonds. The summed E-state index contributed by atoms with van der Waals surface area (Å²) in [5.74, 6) is -0.370. The molecule has 146 valence electrons. The molecule has 8 heteroatoms. The number of nitrogens with one attached hydrogen (secondary N) is 2. The zero-order chi connectivity index (χ0) is 20.2. The maximum absolute atomic E-state index is 11.9. The second kappa shape index (κ2) is 11.2. The van der Waals surface area contributed by atoms with Gasteiger partial charge in [0.2, 0.25) is 5.91 Å². The van der Waals surface area contributed by atoms with Gasteiger partial charge in [0.25, 0.3) is 11.6 Å². The molecule has 0 aliphatic heterocycles. The number of benzene rings is 2. The van der Waals surface area contributed by atoms with Crippen LogP contribution < -0.4 is 10.7 Å². The summed E-state index contributed by atoms with van der Waals surface area (Å²) in [4.78, 5) is 34.0.